The van der Waals surface area contributed by atoms with E-state index in [1.54, 1.807) is 6.08 Å². The molecule has 1 fully saturated rings. The van der Waals surface area contributed by atoms with E-state index in [0.29, 0.717) is 13.1 Å². The zero-order valence-corrected chi connectivity index (χ0v) is 18.7. The average Bonchev–Trinajstić information content (AvgIpc) is 2.69. The lowest BCUT2D eigenvalue weighted by Gasteiger charge is -2.34. The number of anilines is 1. The lowest BCUT2D eigenvalue weighted by molar-refractivity contribution is -0.122. The highest BCUT2D eigenvalue weighted by Crippen LogP contribution is 2.19. The first-order chi connectivity index (χ1) is 14.2. The molecular formula is C24H34N4O2. The maximum absolute atomic E-state index is 12.5. The Morgan fingerprint density at radius 1 is 1.00 bits per heavy atom. The molecule has 0 atom stereocenters. The van der Waals surface area contributed by atoms with E-state index in [1.165, 1.54) is 0 Å². The van der Waals surface area contributed by atoms with E-state index >= 15 is 0 Å². The van der Waals surface area contributed by atoms with E-state index in [1.807, 2.05) is 45.9 Å². The van der Waals surface area contributed by atoms with Gasteiger partial charge < -0.3 is 10.6 Å². The number of allylic oxidation sites excluding steroid dienone is 3. The molecule has 0 aliphatic carbocycles. The summed E-state index contributed by atoms with van der Waals surface area (Å²) in [5.41, 5.74) is 5.46. The van der Waals surface area contributed by atoms with Crippen LogP contribution in [0.2, 0.25) is 0 Å². The topological polar surface area (TPSA) is 64.7 Å². The van der Waals surface area contributed by atoms with Crippen molar-refractivity contribution in [2.24, 2.45) is 0 Å². The van der Waals surface area contributed by atoms with Crippen LogP contribution in [0.5, 0.6) is 0 Å². The van der Waals surface area contributed by atoms with Crippen molar-refractivity contribution in [3.8, 4) is 0 Å². The molecule has 0 saturated carbocycles. The Morgan fingerprint density at radius 2 is 1.50 bits per heavy atom. The standard InChI is InChI=1S/C24H34N4O2/c1-7-18(4)23(17(2)3)25-21(29)15-27-11-13-28(14-12-27)16-22(30)26-24-19(5)9-8-10-20(24)6/h7-10H,1-2,11-16H2,3-6H3,(H,25,29)(H,26,30)/b23-18+. The van der Waals surface area contributed by atoms with Crippen molar-refractivity contribution in [3.05, 3.63) is 65.4 Å². The van der Waals surface area contributed by atoms with E-state index < -0.39 is 0 Å². The highest BCUT2D eigenvalue weighted by atomic mass is 16.2. The molecule has 2 amide bonds. The third kappa shape index (κ3) is 6.68. The van der Waals surface area contributed by atoms with Crippen LogP contribution in [-0.2, 0) is 9.59 Å². The third-order valence-electron chi connectivity index (χ3n) is 5.34. The maximum atomic E-state index is 12.5. The van der Waals surface area contributed by atoms with Crippen molar-refractivity contribution in [3.63, 3.8) is 0 Å². The molecule has 2 N–H and O–H groups in total. The molecule has 1 heterocycles. The van der Waals surface area contributed by atoms with Gasteiger partial charge in [-0.15, -0.1) is 0 Å². The first kappa shape index (κ1) is 23.6. The molecule has 0 aromatic heterocycles. The molecule has 6 heteroatoms. The number of benzene rings is 1. The fourth-order valence-corrected chi connectivity index (χ4v) is 3.53. The number of aryl methyl sites for hydroxylation is 2. The van der Waals surface area contributed by atoms with E-state index in [2.05, 4.69) is 33.6 Å². The van der Waals surface area contributed by atoms with Gasteiger partial charge in [-0.2, -0.15) is 0 Å². The molecule has 0 spiro atoms. The van der Waals surface area contributed by atoms with Crippen molar-refractivity contribution in [2.45, 2.75) is 27.7 Å². The van der Waals surface area contributed by atoms with Gasteiger partial charge in [0.25, 0.3) is 0 Å². The first-order valence-electron chi connectivity index (χ1n) is 10.3. The largest absolute Gasteiger partial charge is 0.325 e. The number of rotatable bonds is 8. The Morgan fingerprint density at radius 3 is 1.97 bits per heavy atom. The van der Waals surface area contributed by atoms with Gasteiger partial charge in [0, 0.05) is 37.6 Å². The number of hydrogen-bond acceptors (Lipinski definition) is 4. The number of hydrogen-bond donors (Lipinski definition) is 2. The molecule has 1 aliphatic rings. The van der Waals surface area contributed by atoms with Crippen LogP contribution in [0.15, 0.2) is 54.3 Å². The van der Waals surface area contributed by atoms with Crippen LogP contribution < -0.4 is 10.6 Å². The van der Waals surface area contributed by atoms with Crippen LogP contribution in [0.1, 0.15) is 25.0 Å². The highest BCUT2D eigenvalue weighted by molar-refractivity contribution is 5.93. The summed E-state index contributed by atoms with van der Waals surface area (Å²) in [6.07, 6.45) is 1.71. The second-order valence-electron chi connectivity index (χ2n) is 7.96. The lowest BCUT2D eigenvalue weighted by Crippen LogP contribution is -2.51. The molecule has 0 unspecified atom stereocenters. The number of nitrogens with one attached hydrogen (secondary N) is 2. The van der Waals surface area contributed by atoms with Gasteiger partial charge in [-0.1, -0.05) is 37.4 Å². The van der Waals surface area contributed by atoms with Crippen molar-refractivity contribution in [1.29, 1.82) is 0 Å². The van der Waals surface area contributed by atoms with Gasteiger partial charge in [-0.3, -0.25) is 19.4 Å². The van der Waals surface area contributed by atoms with Gasteiger partial charge in [-0.05, 0) is 50.0 Å². The molecular weight excluding hydrogens is 376 g/mol. The number of carbonyl (C=O) groups excluding carboxylic acids is 2. The van der Waals surface area contributed by atoms with Crippen molar-refractivity contribution in [1.82, 2.24) is 15.1 Å². The van der Waals surface area contributed by atoms with Gasteiger partial charge >= 0.3 is 0 Å². The van der Waals surface area contributed by atoms with Gasteiger partial charge in [0.05, 0.1) is 13.1 Å². The van der Waals surface area contributed by atoms with Crippen LogP contribution >= 0.6 is 0 Å². The molecule has 2 rings (SSSR count). The molecule has 1 saturated heterocycles. The summed E-state index contributed by atoms with van der Waals surface area (Å²) < 4.78 is 0. The Labute approximate surface area is 180 Å². The smallest absolute Gasteiger partial charge is 0.238 e. The van der Waals surface area contributed by atoms with Crippen molar-refractivity contribution >= 4 is 17.5 Å². The maximum Gasteiger partial charge on any atom is 0.238 e. The van der Waals surface area contributed by atoms with Gasteiger partial charge in [0.2, 0.25) is 11.8 Å². The van der Waals surface area contributed by atoms with Gasteiger partial charge in [-0.25, -0.2) is 0 Å². The van der Waals surface area contributed by atoms with Crippen LogP contribution in [0, 0.1) is 13.8 Å². The van der Waals surface area contributed by atoms with E-state index in [4.69, 9.17) is 0 Å². The molecule has 1 aromatic carbocycles. The van der Waals surface area contributed by atoms with Crippen LogP contribution in [-0.4, -0.2) is 60.9 Å². The summed E-state index contributed by atoms with van der Waals surface area (Å²) in [5, 5.41) is 5.98. The normalized spacial score (nSPS) is 15.9. The van der Waals surface area contributed by atoms with Gasteiger partial charge in [0.1, 0.15) is 0 Å². The molecule has 0 bridgehead atoms. The quantitative estimate of drug-likeness (QED) is 0.647. The third-order valence-corrected chi connectivity index (χ3v) is 5.34. The molecule has 6 nitrogen and oxygen atoms in total. The minimum atomic E-state index is -0.0598. The Hall–Kier alpha value is -2.70. The fraction of sp³-hybridized carbons (Fsp3) is 0.417. The molecule has 0 radical (unpaired) electrons. The van der Waals surface area contributed by atoms with Gasteiger partial charge in [0.15, 0.2) is 0 Å². The molecule has 1 aliphatic heterocycles. The Bertz CT molecular complexity index is 829. The molecule has 30 heavy (non-hydrogen) atoms. The predicted molar refractivity (Wildman–Crippen MR) is 123 cm³/mol. The summed E-state index contributed by atoms with van der Waals surface area (Å²) in [6.45, 7) is 19.1. The van der Waals surface area contributed by atoms with E-state index in [-0.39, 0.29) is 11.8 Å². The summed E-state index contributed by atoms with van der Waals surface area (Å²) in [5.74, 6) is -0.0647. The Kier molecular flexibility index (Phi) is 8.57. The summed E-state index contributed by atoms with van der Waals surface area (Å²) in [6, 6.07) is 5.98. The summed E-state index contributed by atoms with van der Waals surface area (Å²) in [4.78, 5) is 29.1. The summed E-state index contributed by atoms with van der Waals surface area (Å²) in [7, 11) is 0. The second-order valence-corrected chi connectivity index (χ2v) is 7.96. The zero-order chi connectivity index (χ0) is 22.3. The van der Waals surface area contributed by atoms with Crippen LogP contribution in [0.25, 0.3) is 0 Å². The predicted octanol–water partition coefficient (Wildman–Crippen LogP) is 3.01. The second kappa shape index (κ2) is 10.9. The monoisotopic (exact) mass is 410 g/mol. The highest BCUT2D eigenvalue weighted by Gasteiger charge is 2.21. The molecule has 162 valence electrons. The van der Waals surface area contributed by atoms with Crippen molar-refractivity contribution in [2.75, 3.05) is 44.6 Å². The van der Waals surface area contributed by atoms with Crippen molar-refractivity contribution < 1.29 is 9.59 Å². The lowest BCUT2D eigenvalue weighted by atomic mass is 10.1. The number of amides is 2. The SMILES string of the molecule is C=C/C(C)=C(/NC(=O)CN1CCN(CC(=O)Nc2c(C)cccc2C)CC1)C(=C)C. The Balaban J connectivity index is 1.81. The minimum Gasteiger partial charge on any atom is -0.325 e. The number of carbonyl (C=O) groups is 2. The number of piperazine rings is 1. The zero-order valence-electron chi connectivity index (χ0n) is 18.7. The van der Waals surface area contributed by atoms with Crippen LogP contribution in [0.3, 0.4) is 0 Å². The number of para-hydroxylation sites is 1. The first-order valence-corrected chi connectivity index (χ1v) is 10.3. The van der Waals surface area contributed by atoms with E-state index in [0.717, 1.165) is 59.8 Å². The van der Waals surface area contributed by atoms with Crippen LogP contribution in [0.4, 0.5) is 5.69 Å². The number of nitrogens with zero attached hydrogens (tertiary/aromatic N) is 2. The summed E-state index contributed by atoms with van der Waals surface area (Å²) >= 11 is 0. The molecule has 1 aromatic rings. The van der Waals surface area contributed by atoms with E-state index in [9.17, 15) is 9.59 Å². The fourth-order valence-electron chi connectivity index (χ4n) is 3.53. The minimum absolute atomic E-state index is 0.00488. The average molecular weight is 411 g/mol.